The Labute approximate surface area is 130 Å². The summed E-state index contributed by atoms with van der Waals surface area (Å²) in [4.78, 5) is 8.61. The molecule has 0 saturated carbocycles. The molecule has 3 nitrogen and oxygen atoms in total. The van der Waals surface area contributed by atoms with Gasteiger partial charge in [-0.2, -0.15) is 0 Å². The fourth-order valence-corrected chi connectivity index (χ4v) is 2.22. The van der Waals surface area contributed by atoms with Crippen molar-refractivity contribution in [3.05, 3.63) is 79.2 Å². The molecule has 2 aromatic carbocycles. The first-order valence-electron chi connectivity index (χ1n) is 7.21. The predicted molar refractivity (Wildman–Crippen MR) is 93.1 cm³/mol. The van der Waals surface area contributed by atoms with E-state index >= 15 is 0 Å². The molecule has 0 unspecified atom stereocenters. The van der Waals surface area contributed by atoms with Gasteiger partial charge in [-0.3, -0.25) is 0 Å². The van der Waals surface area contributed by atoms with Crippen LogP contribution in [0.15, 0.2) is 73.6 Å². The Hall–Kier alpha value is -2.94. The highest BCUT2D eigenvalue weighted by atomic mass is 15.0. The van der Waals surface area contributed by atoms with Crippen LogP contribution in [0.5, 0.6) is 0 Å². The SMILES string of the molecule is C=CCC=Cc1ccc(Nc2ncnc3ccccc23)cc1. The number of para-hydroxylation sites is 1. The number of benzene rings is 2. The highest BCUT2D eigenvalue weighted by molar-refractivity contribution is 5.90. The van der Waals surface area contributed by atoms with E-state index in [1.165, 1.54) is 5.56 Å². The van der Waals surface area contributed by atoms with Crippen molar-refractivity contribution in [3.63, 3.8) is 0 Å². The van der Waals surface area contributed by atoms with E-state index in [1.54, 1.807) is 6.33 Å². The van der Waals surface area contributed by atoms with Crippen LogP contribution >= 0.6 is 0 Å². The second kappa shape index (κ2) is 6.68. The van der Waals surface area contributed by atoms with Crippen molar-refractivity contribution < 1.29 is 0 Å². The van der Waals surface area contributed by atoms with Gasteiger partial charge in [-0.1, -0.05) is 42.5 Å². The van der Waals surface area contributed by atoms with Crippen LogP contribution in [0.3, 0.4) is 0 Å². The Bertz CT molecular complexity index is 799. The summed E-state index contributed by atoms with van der Waals surface area (Å²) in [7, 11) is 0. The highest BCUT2D eigenvalue weighted by Gasteiger charge is 2.02. The number of hydrogen-bond donors (Lipinski definition) is 1. The first-order valence-corrected chi connectivity index (χ1v) is 7.21. The quantitative estimate of drug-likeness (QED) is 0.674. The van der Waals surface area contributed by atoms with Crippen molar-refractivity contribution in [2.45, 2.75) is 6.42 Å². The number of hydrogen-bond acceptors (Lipinski definition) is 3. The molecule has 108 valence electrons. The van der Waals surface area contributed by atoms with Gasteiger partial charge in [0.25, 0.3) is 0 Å². The molecule has 22 heavy (non-hydrogen) atoms. The topological polar surface area (TPSA) is 37.8 Å². The van der Waals surface area contributed by atoms with E-state index in [4.69, 9.17) is 0 Å². The first-order chi connectivity index (χ1) is 10.9. The third-order valence-corrected chi connectivity index (χ3v) is 3.33. The Morgan fingerprint density at radius 1 is 1.00 bits per heavy atom. The molecule has 0 radical (unpaired) electrons. The van der Waals surface area contributed by atoms with Crippen molar-refractivity contribution in [1.29, 1.82) is 0 Å². The molecule has 0 bridgehead atoms. The second-order valence-corrected chi connectivity index (χ2v) is 4.91. The summed E-state index contributed by atoms with van der Waals surface area (Å²) < 4.78 is 0. The molecule has 3 rings (SSSR count). The standard InChI is InChI=1S/C19H17N3/c1-2-3-4-7-15-10-12-16(13-11-15)22-19-17-8-5-6-9-18(17)20-14-21-19/h2,4-14H,1,3H2,(H,20,21,22). The molecular weight excluding hydrogens is 270 g/mol. The zero-order valence-electron chi connectivity index (χ0n) is 12.2. The Kier molecular flexibility index (Phi) is 4.25. The van der Waals surface area contributed by atoms with Gasteiger partial charge in [0, 0.05) is 11.1 Å². The minimum Gasteiger partial charge on any atom is -0.340 e. The molecule has 0 aliphatic heterocycles. The molecule has 1 heterocycles. The van der Waals surface area contributed by atoms with Gasteiger partial charge in [0.2, 0.25) is 0 Å². The Morgan fingerprint density at radius 3 is 2.64 bits per heavy atom. The summed E-state index contributed by atoms with van der Waals surface area (Å²) in [6.07, 6.45) is 8.52. The van der Waals surface area contributed by atoms with Crippen LogP contribution in [0.25, 0.3) is 17.0 Å². The average molecular weight is 287 g/mol. The molecule has 3 aromatic rings. The van der Waals surface area contributed by atoms with E-state index in [2.05, 4.69) is 46.1 Å². The number of nitrogens with zero attached hydrogens (tertiary/aromatic N) is 2. The van der Waals surface area contributed by atoms with Gasteiger partial charge >= 0.3 is 0 Å². The normalized spacial score (nSPS) is 10.9. The Morgan fingerprint density at radius 2 is 1.82 bits per heavy atom. The minimum atomic E-state index is 0.820. The maximum Gasteiger partial charge on any atom is 0.141 e. The van der Waals surface area contributed by atoms with E-state index in [0.717, 1.165) is 28.8 Å². The number of rotatable bonds is 5. The van der Waals surface area contributed by atoms with Gasteiger partial charge in [0.05, 0.1) is 5.52 Å². The van der Waals surface area contributed by atoms with E-state index in [1.807, 2.05) is 42.5 Å². The molecular formula is C19H17N3. The van der Waals surface area contributed by atoms with Gasteiger partial charge in [0.1, 0.15) is 12.1 Å². The van der Waals surface area contributed by atoms with Crippen LogP contribution in [-0.2, 0) is 0 Å². The van der Waals surface area contributed by atoms with Crippen molar-refractivity contribution in [1.82, 2.24) is 9.97 Å². The van der Waals surface area contributed by atoms with Crippen LogP contribution in [-0.4, -0.2) is 9.97 Å². The molecule has 3 heteroatoms. The maximum atomic E-state index is 4.34. The third-order valence-electron chi connectivity index (χ3n) is 3.33. The first kappa shape index (κ1) is 14.0. The number of aromatic nitrogens is 2. The number of nitrogens with one attached hydrogen (secondary N) is 1. The summed E-state index contributed by atoms with van der Waals surface area (Å²) in [5.74, 6) is 0.820. The zero-order chi connectivity index (χ0) is 15.2. The highest BCUT2D eigenvalue weighted by Crippen LogP contribution is 2.22. The van der Waals surface area contributed by atoms with Crippen molar-refractivity contribution in [3.8, 4) is 0 Å². The predicted octanol–water partition coefficient (Wildman–Crippen LogP) is 4.96. The average Bonchev–Trinajstić information content (AvgIpc) is 2.57. The van der Waals surface area contributed by atoms with Crippen LogP contribution < -0.4 is 5.32 Å². The van der Waals surface area contributed by atoms with Gasteiger partial charge in [-0.25, -0.2) is 9.97 Å². The van der Waals surface area contributed by atoms with Crippen LogP contribution in [0, 0.1) is 0 Å². The monoisotopic (exact) mass is 287 g/mol. The van der Waals surface area contributed by atoms with E-state index in [9.17, 15) is 0 Å². The molecule has 1 N–H and O–H groups in total. The lowest BCUT2D eigenvalue weighted by Gasteiger charge is -2.08. The molecule has 1 aromatic heterocycles. The molecule has 0 atom stereocenters. The smallest absolute Gasteiger partial charge is 0.141 e. The van der Waals surface area contributed by atoms with E-state index in [-0.39, 0.29) is 0 Å². The lowest BCUT2D eigenvalue weighted by molar-refractivity contribution is 1.22. The molecule has 0 spiro atoms. The molecule has 0 fully saturated rings. The molecule has 0 aliphatic rings. The fourth-order valence-electron chi connectivity index (χ4n) is 2.22. The van der Waals surface area contributed by atoms with Crippen LogP contribution in [0.1, 0.15) is 12.0 Å². The molecule has 0 aliphatic carbocycles. The Balaban J connectivity index is 1.81. The number of anilines is 2. The minimum absolute atomic E-state index is 0.820. The lowest BCUT2D eigenvalue weighted by Crippen LogP contribution is -1.95. The summed E-state index contributed by atoms with van der Waals surface area (Å²) in [5.41, 5.74) is 3.11. The number of allylic oxidation sites excluding steroid dienone is 2. The summed E-state index contributed by atoms with van der Waals surface area (Å²) in [5, 5.41) is 4.36. The van der Waals surface area contributed by atoms with E-state index < -0.39 is 0 Å². The van der Waals surface area contributed by atoms with Gasteiger partial charge < -0.3 is 5.32 Å². The summed E-state index contributed by atoms with van der Waals surface area (Å²) >= 11 is 0. The molecule has 0 saturated heterocycles. The third kappa shape index (κ3) is 3.20. The van der Waals surface area contributed by atoms with Crippen molar-refractivity contribution >= 4 is 28.5 Å². The van der Waals surface area contributed by atoms with Gasteiger partial charge in [-0.15, -0.1) is 6.58 Å². The summed E-state index contributed by atoms with van der Waals surface area (Å²) in [6, 6.07) is 16.2. The number of fused-ring (bicyclic) bond motifs is 1. The zero-order valence-corrected chi connectivity index (χ0v) is 12.2. The fraction of sp³-hybridized carbons (Fsp3) is 0.0526. The van der Waals surface area contributed by atoms with Gasteiger partial charge in [0.15, 0.2) is 0 Å². The van der Waals surface area contributed by atoms with Gasteiger partial charge in [-0.05, 0) is 36.2 Å². The summed E-state index contributed by atoms with van der Waals surface area (Å²) in [6.45, 7) is 3.70. The second-order valence-electron chi connectivity index (χ2n) is 4.91. The maximum absolute atomic E-state index is 4.34. The van der Waals surface area contributed by atoms with Crippen molar-refractivity contribution in [2.75, 3.05) is 5.32 Å². The lowest BCUT2D eigenvalue weighted by atomic mass is 10.1. The van der Waals surface area contributed by atoms with Crippen LogP contribution in [0.2, 0.25) is 0 Å². The van der Waals surface area contributed by atoms with E-state index in [0.29, 0.717) is 0 Å². The van der Waals surface area contributed by atoms with Crippen molar-refractivity contribution in [2.24, 2.45) is 0 Å². The molecule has 0 amide bonds. The largest absolute Gasteiger partial charge is 0.340 e. The van der Waals surface area contributed by atoms with Crippen LogP contribution in [0.4, 0.5) is 11.5 Å².